The van der Waals surface area contributed by atoms with Crippen molar-refractivity contribution in [3.05, 3.63) is 59.9 Å². The van der Waals surface area contributed by atoms with Gasteiger partial charge in [0.05, 0.1) is 12.2 Å². The second-order valence-corrected chi connectivity index (χ2v) is 7.39. The van der Waals surface area contributed by atoms with E-state index in [0.717, 1.165) is 48.3 Å². The molecule has 6 nitrogen and oxygen atoms in total. The molecule has 1 aliphatic heterocycles. The summed E-state index contributed by atoms with van der Waals surface area (Å²) in [5.74, 6) is 0.359. The summed E-state index contributed by atoms with van der Waals surface area (Å²) in [6, 6.07) is 13.6. The average molecular weight is 363 g/mol. The first kappa shape index (κ1) is 17.7. The minimum atomic E-state index is 0.104. The van der Waals surface area contributed by atoms with Gasteiger partial charge in [-0.05, 0) is 44.8 Å². The number of likely N-dealkylation sites (N-methyl/N-ethyl adjacent to an activating group) is 1. The van der Waals surface area contributed by atoms with Crippen molar-refractivity contribution in [3.8, 4) is 0 Å². The summed E-state index contributed by atoms with van der Waals surface area (Å²) in [6.07, 6.45) is 2.76. The van der Waals surface area contributed by atoms with Gasteiger partial charge < -0.3 is 9.80 Å². The molecule has 1 atom stereocenters. The van der Waals surface area contributed by atoms with Crippen molar-refractivity contribution in [2.45, 2.75) is 18.9 Å². The number of aromatic nitrogens is 3. The quantitative estimate of drug-likeness (QED) is 0.699. The van der Waals surface area contributed by atoms with Gasteiger partial charge in [0.1, 0.15) is 0 Å². The van der Waals surface area contributed by atoms with Crippen LogP contribution in [0.4, 0.5) is 0 Å². The first-order valence-corrected chi connectivity index (χ1v) is 9.44. The molecule has 6 heteroatoms. The second-order valence-electron chi connectivity index (χ2n) is 7.39. The van der Waals surface area contributed by atoms with Crippen molar-refractivity contribution in [1.82, 2.24) is 24.6 Å². The molecule has 27 heavy (non-hydrogen) atoms. The molecule has 1 aliphatic rings. The molecule has 2 aromatic heterocycles. The molecular weight excluding hydrogens is 338 g/mol. The van der Waals surface area contributed by atoms with Crippen LogP contribution in [0.3, 0.4) is 0 Å². The van der Waals surface area contributed by atoms with E-state index >= 15 is 0 Å². The monoisotopic (exact) mass is 363 g/mol. The molecule has 1 saturated heterocycles. The summed E-state index contributed by atoms with van der Waals surface area (Å²) >= 11 is 0. The number of carbonyl (C=O) groups excluding carboxylic acids is 1. The van der Waals surface area contributed by atoms with E-state index in [2.05, 4.69) is 30.0 Å². The van der Waals surface area contributed by atoms with Crippen LogP contribution in [0, 0.1) is 0 Å². The molecule has 0 bridgehead atoms. The van der Waals surface area contributed by atoms with E-state index in [0.29, 0.717) is 6.54 Å². The smallest absolute Gasteiger partial charge is 0.253 e. The third kappa shape index (κ3) is 3.57. The molecule has 1 unspecified atom stereocenters. The number of benzene rings is 1. The normalized spacial score (nSPS) is 17.1. The maximum atomic E-state index is 12.8. The fourth-order valence-electron chi connectivity index (χ4n) is 3.72. The maximum absolute atomic E-state index is 12.8. The number of nitrogens with zero attached hydrogens (tertiary/aromatic N) is 5. The molecule has 1 fully saturated rings. The molecule has 0 saturated carbocycles. The van der Waals surface area contributed by atoms with Crippen molar-refractivity contribution in [2.75, 3.05) is 33.7 Å². The summed E-state index contributed by atoms with van der Waals surface area (Å²) in [6.45, 7) is 3.20. The fraction of sp³-hybridized carbons (Fsp3) is 0.381. The lowest BCUT2D eigenvalue weighted by Gasteiger charge is -2.16. The minimum absolute atomic E-state index is 0.104. The molecule has 3 heterocycles. The zero-order chi connectivity index (χ0) is 18.8. The predicted molar refractivity (Wildman–Crippen MR) is 106 cm³/mol. The zero-order valence-electron chi connectivity index (χ0n) is 15.9. The topological polar surface area (TPSA) is 54.3 Å². The van der Waals surface area contributed by atoms with Crippen LogP contribution < -0.4 is 0 Å². The van der Waals surface area contributed by atoms with Crippen LogP contribution in [0.1, 0.15) is 28.4 Å². The summed E-state index contributed by atoms with van der Waals surface area (Å²) in [7, 11) is 4.12. The number of likely N-dealkylation sites (tertiary alicyclic amines) is 1. The van der Waals surface area contributed by atoms with Crippen LogP contribution in [-0.4, -0.2) is 64.2 Å². The van der Waals surface area contributed by atoms with Crippen LogP contribution in [0.15, 0.2) is 48.7 Å². The summed E-state index contributed by atoms with van der Waals surface area (Å²) in [5.41, 5.74) is 2.75. The Bertz CT molecular complexity index is 934. The number of rotatable bonds is 5. The van der Waals surface area contributed by atoms with E-state index in [9.17, 15) is 4.79 Å². The Balaban J connectivity index is 1.57. The molecular formula is C21H25N5O. The van der Waals surface area contributed by atoms with Gasteiger partial charge in [-0.1, -0.05) is 18.2 Å². The number of carbonyl (C=O) groups is 1. The molecule has 1 aromatic carbocycles. The number of amides is 1. The van der Waals surface area contributed by atoms with Crippen LogP contribution in [0.2, 0.25) is 0 Å². The van der Waals surface area contributed by atoms with Crippen molar-refractivity contribution in [3.63, 3.8) is 0 Å². The van der Waals surface area contributed by atoms with Gasteiger partial charge in [0, 0.05) is 42.7 Å². The predicted octanol–water partition coefficient (Wildman–Crippen LogP) is 2.62. The van der Waals surface area contributed by atoms with Crippen LogP contribution in [-0.2, 0) is 6.54 Å². The third-order valence-electron chi connectivity index (χ3n) is 5.18. The zero-order valence-corrected chi connectivity index (χ0v) is 15.9. The highest BCUT2D eigenvalue weighted by Crippen LogP contribution is 2.31. The standard InChI is InChI=1S/C21H25N5O/c1-24(2)13-14-26-20-18(9-6-11-22-20)19(23-26)17-10-12-25(15-17)21(27)16-7-4-3-5-8-16/h3-9,11,17H,10,12-15H2,1-2H3. The molecule has 0 spiro atoms. The Morgan fingerprint density at radius 3 is 2.78 bits per heavy atom. The SMILES string of the molecule is CN(C)CCn1nc(C2CCN(C(=O)c3ccccc3)C2)c2cccnc21. The second kappa shape index (κ2) is 7.48. The summed E-state index contributed by atoms with van der Waals surface area (Å²) < 4.78 is 2.01. The Hall–Kier alpha value is -2.73. The maximum Gasteiger partial charge on any atom is 0.253 e. The molecule has 0 aliphatic carbocycles. The van der Waals surface area contributed by atoms with Crippen molar-refractivity contribution in [1.29, 1.82) is 0 Å². The molecule has 1 amide bonds. The van der Waals surface area contributed by atoms with Gasteiger partial charge in [-0.25, -0.2) is 9.67 Å². The van der Waals surface area contributed by atoms with E-state index in [1.807, 2.05) is 52.2 Å². The molecule has 4 rings (SSSR count). The largest absolute Gasteiger partial charge is 0.338 e. The van der Waals surface area contributed by atoms with Crippen LogP contribution in [0.25, 0.3) is 11.0 Å². The minimum Gasteiger partial charge on any atom is -0.338 e. The van der Waals surface area contributed by atoms with Crippen LogP contribution in [0.5, 0.6) is 0 Å². The highest BCUT2D eigenvalue weighted by Gasteiger charge is 2.31. The fourth-order valence-corrected chi connectivity index (χ4v) is 3.72. The first-order chi connectivity index (χ1) is 13.1. The lowest BCUT2D eigenvalue weighted by atomic mass is 10.0. The van der Waals surface area contributed by atoms with Crippen LogP contribution >= 0.6 is 0 Å². The van der Waals surface area contributed by atoms with Gasteiger partial charge in [-0.2, -0.15) is 5.10 Å². The lowest BCUT2D eigenvalue weighted by Crippen LogP contribution is -2.28. The molecule has 3 aromatic rings. The van der Waals surface area contributed by atoms with Gasteiger partial charge in [-0.15, -0.1) is 0 Å². The van der Waals surface area contributed by atoms with Gasteiger partial charge in [-0.3, -0.25) is 4.79 Å². The summed E-state index contributed by atoms with van der Waals surface area (Å²) in [4.78, 5) is 21.4. The number of hydrogen-bond acceptors (Lipinski definition) is 4. The summed E-state index contributed by atoms with van der Waals surface area (Å²) in [5, 5.41) is 6.01. The van der Waals surface area contributed by atoms with Gasteiger partial charge >= 0.3 is 0 Å². The Kier molecular flexibility index (Phi) is 4.90. The van der Waals surface area contributed by atoms with Crippen molar-refractivity contribution < 1.29 is 4.79 Å². The Morgan fingerprint density at radius 2 is 2.00 bits per heavy atom. The van der Waals surface area contributed by atoms with Gasteiger partial charge in [0.2, 0.25) is 0 Å². The Labute approximate surface area is 159 Å². The molecule has 0 radical (unpaired) electrons. The highest BCUT2D eigenvalue weighted by molar-refractivity contribution is 5.94. The third-order valence-corrected chi connectivity index (χ3v) is 5.18. The number of fused-ring (bicyclic) bond motifs is 1. The lowest BCUT2D eigenvalue weighted by molar-refractivity contribution is 0.0790. The number of hydrogen-bond donors (Lipinski definition) is 0. The van der Waals surface area contributed by atoms with E-state index in [1.54, 1.807) is 0 Å². The molecule has 0 N–H and O–H groups in total. The van der Waals surface area contributed by atoms with E-state index in [4.69, 9.17) is 5.10 Å². The number of pyridine rings is 1. The van der Waals surface area contributed by atoms with Gasteiger partial charge in [0.25, 0.3) is 5.91 Å². The van der Waals surface area contributed by atoms with Crippen molar-refractivity contribution in [2.24, 2.45) is 0 Å². The van der Waals surface area contributed by atoms with E-state index in [1.165, 1.54) is 0 Å². The first-order valence-electron chi connectivity index (χ1n) is 9.44. The average Bonchev–Trinajstić information content (AvgIpc) is 3.31. The van der Waals surface area contributed by atoms with Gasteiger partial charge in [0.15, 0.2) is 5.65 Å². The van der Waals surface area contributed by atoms with E-state index in [-0.39, 0.29) is 11.8 Å². The molecule has 140 valence electrons. The van der Waals surface area contributed by atoms with E-state index < -0.39 is 0 Å². The Morgan fingerprint density at radius 1 is 1.19 bits per heavy atom. The van der Waals surface area contributed by atoms with Crippen molar-refractivity contribution >= 4 is 16.9 Å². The highest BCUT2D eigenvalue weighted by atomic mass is 16.2.